The molecule has 5 heteroatoms. The van der Waals surface area contributed by atoms with Gasteiger partial charge in [-0.2, -0.15) is 0 Å². The lowest BCUT2D eigenvalue weighted by Gasteiger charge is -2.33. The van der Waals surface area contributed by atoms with E-state index in [-0.39, 0.29) is 5.82 Å². The smallest absolute Gasteiger partial charge is 0.180 e. The van der Waals surface area contributed by atoms with Crippen LogP contribution in [0.5, 0.6) is 0 Å². The molecule has 0 spiro atoms. The molecule has 1 aromatic heterocycles. The maximum atomic E-state index is 14.4. The molecule has 1 saturated heterocycles. The zero-order chi connectivity index (χ0) is 14.1. The summed E-state index contributed by atoms with van der Waals surface area (Å²) >= 11 is 1.37. The summed E-state index contributed by atoms with van der Waals surface area (Å²) in [6.45, 7) is 4.08. The highest BCUT2D eigenvalue weighted by Gasteiger charge is 2.19. The van der Waals surface area contributed by atoms with Gasteiger partial charge in [0, 0.05) is 24.0 Å². The molecule has 2 heterocycles. The lowest BCUT2D eigenvalue weighted by atomic mass is 9.99. The summed E-state index contributed by atoms with van der Waals surface area (Å²) in [7, 11) is 0. The van der Waals surface area contributed by atoms with E-state index in [0.29, 0.717) is 16.7 Å². The van der Waals surface area contributed by atoms with Crippen LogP contribution in [0.15, 0.2) is 23.6 Å². The number of piperidine rings is 1. The monoisotopic (exact) mass is 291 g/mol. The van der Waals surface area contributed by atoms with Crippen molar-refractivity contribution >= 4 is 22.2 Å². The van der Waals surface area contributed by atoms with Gasteiger partial charge in [-0.05, 0) is 30.9 Å². The molecule has 1 aliphatic heterocycles. The minimum Gasteiger partial charge on any atom is -0.375 e. The number of nitrogens with two attached hydrogens (primary N) is 1. The van der Waals surface area contributed by atoms with E-state index in [4.69, 9.17) is 5.73 Å². The van der Waals surface area contributed by atoms with Gasteiger partial charge in [0.25, 0.3) is 0 Å². The molecule has 3 rings (SSSR count). The Bertz CT molecular complexity index is 611. The lowest BCUT2D eigenvalue weighted by Crippen LogP contribution is -2.34. The van der Waals surface area contributed by atoms with Crippen LogP contribution >= 0.6 is 11.3 Å². The topological polar surface area (TPSA) is 42.1 Å². The fraction of sp³-hybridized carbons (Fsp3) is 0.400. The highest BCUT2D eigenvalue weighted by Crippen LogP contribution is 2.30. The minimum absolute atomic E-state index is 0.178. The second-order valence-electron chi connectivity index (χ2n) is 5.43. The van der Waals surface area contributed by atoms with Gasteiger partial charge in [0.1, 0.15) is 5.82 Å². The molecule has 0 radical (unpaired) electrons. The summed E-state index contributed by atoms with van der Waals surface area (Å²) in [5, 5.41) is 2.36. The fourth-order valence-electron chi connectivity index (χ4n) is 2.75. The predicted molar refractivity (Wildman–Crippen MR) is 82.5 cm³/mol. The van der Waals surface area contributed by atoms with Crippen molar-refractivity contribution in [2.75, 3.05) is 23.7 Å². The molecule has 1 aromatic carbocycles. The number of halogens is 1. The zero-order valence-corrected chi connectivity index (χ0v) is 12.3. The summed E-state index contributed by atoms with van der Waals surface area (Å²) < 4.78 is 14.4. The summed E-state index contributed by atoms with van der Waals surface area (Å²) in [6.07, 6.45) is 2.36. The normalized spacial score (nSPS) is 19.3. The summed E-state index contributed by atoms with van der Waals surface area (Å²) in [5.74, 6) is 0.448. The number of anilines is 2. The van der Waals surface area contributed by atoms with Crippen LogP contribution in [-0.2, 0) is 0 Å². The first-order valence-electron chi connectivity index (χ1n) is 6.89. The maximum absolute atomic E-state index is 14.4. The van der Waals surface area contributed by atoms with Crippen molar-refractivity contribution in [3.05, 3.63) is 29.4 Å². The third kappa shape index (κ3) is 2.63. The number of benzene rings is 1. The third-order valence-corrected chi connectivity index (χ3v) is 4.44. The molecule has 1 atom stereocenters. The van der Waals surface area contributed by atoms with Gasteiger partial charge in [-0.15, -0.1) is 11.3 Å². The van der Waals surface area contributed by atoms with Gasteiger partial charge >= 0.3 is 0 Å². The van der Waals surface area contributed by atoms with E-state index in [1.54, 1.807) is 6.07 Å². The molecular formula is C15H18FN3S. The molecule has 3 nitrogen and oxygen atoms in total. The number of nitrogen functional groups attached to an aromatic ring is 1. The van der Waals surface area contributed by atoms with Crippen molar-refractivity contribution in [1.82, 2.24) is 4.98 Å². The first-order valence-corrected chi connectivity index (χ1v) is 7.77. The number of nitrogens with zero attached hydrogens (tertiary/aromatic N) is 2. The Balaban J connectivity index is 1.87. The van der Waals surface area contributed by atoms with E-state index in [2.05, 4.69) is 16.8 Å². The lowest BCUT2D eigenvalue weighted by molar-refractivity contribution is 0.442. The van der Waals surface area contributed by atoms with E-state index >= 15 is 0 Å². The summed E-state index contributed by atoms with van der Waals surface area (Å²) in [4.78, 5) is 6.33. The second kappa shape index (κ2) is 5.40. The van der Waals surface area contributed by atoms with E-state index in [9.17, 15) is 4.39 Å². The number of rotatable bonds is 2. The SMILES string of the molecule is C[C@H]1CCCN(c2ccc(-c3csc(N)n3)cc2F)C1. The molecule has 20 heavy (non-hydrogen) atoms. The van der Waals surface area contributed by atoms with Gasteiger partial charge in [-0.3, -0.25) is 0 Å². The average molecular weight is 291 g/mol. The molecule has 1 fully saturated rings. The zero-order valence-electron chi connectivity index (χ0n) is 11.5. The van der Waals surface area contributed by atoms with Gasteiger partial charge in [0.05, 0.1) is 11.4 Å². The first-order chi connectivity index (χ1) is 9.63. The highest BCUT2D eigenvalue weighted by molar-refractivity contribution is 7.13. The van der Waals surface area contributed by atoms with Crippen LogP contribution in [-0.4, -0.2) is 18.1 Å². The number of thiazole rings is 1. The molecule has 0 bridgehead atoms. The van der Waals surface area contributed by atoms with Crippen molar-refractivity contribution < 1.29 is 4.39 Å². The van der Waals surface area contributed by atoms with Gasteiger partial charge < -0.3 is 10.6 Å². The van der Waals surface area contributed by atoms with Crippen LogP contribution < -0.4 is 10.6 Å². The highest BCUT2D eigenvalue weighted by atomic mass is 32.1. The van der Waals surface area contributed by atoms with Gasteiger partial charge in [-0.1, -0.05) is 13.0 Å². The van der Waals surface area contributed by atoms with E-state index in [1.165, 1.54) is 17.8 Å². The Labute approximate surface area is 122 Å². The largest absolute Gasteiger partial charge is 0.375 e. The molecule has 0 unspecified atom stereocenters. The van der Waals surface area contributed by atoms with Crippen LogP contribution in [0, 0.1) is 11.7 Å². The van der Waals surface area contributed by atoms with Crippen molar-refractivity contribution in [3.8, 4) is 11.3 Å². The molecule has 2 N–H and O–H groups in total. The van der Waals surface area contributed by atoms with Crippen LogP contribution in [0.2, 0.25) is 0 Å². The second-order valence-corrected chi connectivity index (χ2v) is 6.32. The number of hydrogen-bond donors (Lipinski definition) is 1. The predicted octanol–water partition coefficient (Wildman–Crippen LogP) is 3.77. The standard InChI is InChI=1S/C15H18FN3S/c1-10-3-2-6-19(8-10)14-5-4-11(7-12(14)16)13-9-20-15(17)18-13/h4-5,7,9-10H,2-3,6,8H2,1H3,(H2,17,18)/t10-/m0/s1. The minimum atomic E-state index is -0.178. The van der Waals surface area contributed by atoms with Crippen LogP contribution in [0.3, 0.4) is 0 Å². The fourth-order valence-corrected chi connectivity index (χ4v) is 3.32. The van der Waals surface area contributed by atoms with Crippen molar-refractivity contribution in [2.24, 2.45) is 5.92 Å². The molecule has 0 aliphatic carbocycles. The molecule has 0 amide bonds. The Morgan fingerprint density at radius 2 is 2.30 bits per heavy atom. The van der Waals surface area contributed by atoms with E-state index < -0.39 is 0 Å². The summed E-state index contributed by atoms with van der Waals surface area (Å²) in [6, 6.07) is 5.34. The molecule has 106 valence electrons. The Morgan fingerprint density at radius 1 is 1.45 bits per heavy atom. The molecule has 2 aromatic rings. The van der Waals surface area contributed by atoms with Crippen LogP contribution in [0.25, 0.3) is 11.3 Å². The molecule has 0 saturated carbocycles. The van der Waals surface area contributed by atoms with Crippen LogP contribution in [0.4, 0.5) is 15.2 Å². The van der Waals surface area contributed by atoms with Crippen molar-refractivity contribution in [2.45, 2.75) is 19.8 Å². The van der Waals surface area contributed by atoms with Gasteiger partial charge in [0.2, 0.25) is 0 Å². The Kier molecular flexibility index (Phi) is 3.61. The Hall–Kier alpha value is -1.62. The molecular weight excluding hydrogens is 273 g/mol. The number of aromatic nitrogens is 1. The van der Waals surface area contributed by atoms with Crippen molar-refractivity contribution in [3.63, 3.8) is 0 Å². The average Bonchev–Trinajstić information content (AvgIpc) is 2.85. The first kappa shape index (κ1) is 13.4. The van der Waals surface area contributed by atoms with Gasteiger partial charge in [-0.25, -0.2) is 9.37 Å². The van der Waals surface area contributed by atoms with Crippen LogP contribution in [0.1, 0.15) is 19.8 Å². The Morgan fingerprint density at radius 3 is 2.95 bits per heavy atom. The third-order valence-electron chi connectivity index (χ3n) is 3.76. The maximum Gasteiger partial charge on any atom is 0.180 e. The van der Waals surface area contributed by atoms with Gasteiger partial charge in [0.15, 0.2) is 5.13 Å². The quantitative estimate of drug-likeness (QED) is 0.916. The number of hydrogen-bond acceptors (Lipinski definition) is 4. The van der Waals surface area contributed by atoms with E-state index in [1.807, 2.05) is 17.5 Å². The van der Waals surface area contributed by atoms with Crippen molar-refractivity contribution in [1.29, 1.82) is 0 Å². The summed E-state index contributed by atoms with van der Waals surface area (Å²) in [5.41, 5.74) is 7.84. The molecule has 1 aliphatic rings. The van der Waals surface area contributed by atoms with E-state index in [0.717, 1.165) is 30.8 Å².